The number of amides is 1. The molecule has 0 aliphatic carbocycles. The maximum absolute atomic E-state index is 12.2. The molecular weight excluding hydrogens is 362 g/mol. The Bertz CT molecular complexity index is 900. The van der Waals surface area contributed by atoms with Crippen LogP contribution in [0, 0.1) is 13.8 Å². The second-order valence-electron chi connectivity index (χ2n) is 5.43. The van der Waals surface area contributed by atoms with E-state index in [1.807, 2.05) is 0 Å². The van der Waals surface area contributed by atoms with E-state index in [1.165, 1.54) is 26.8 Å². The van der Waals surface area contributed by atoms with Crippen molar-refractivity contribution in [1.29, 1.82) is 0 Å². The number of hydrogen-bond acceptors (Lipinski definition) is 7. The van der Waals surface area contributed by atoms with Crippen molar-refractivity contribution in [2.24, 2.45) is 0 Å². The topological polar surface area (TPSA) is 128 Å². The molecule has 0 bridgehead atoms. The lowest BCUT2D eigenvalue weighted by Crippen LogP contribution is -2.35. The summed E-state index contributed by atoms with van der Waals surface area (Å²) in [5.74, 6) is -0.461. The van der Waals surface area contributed by atoms with Crippen molar-refractivity contribution in [2.45, 2.75) is 25.7 Å². The highest BCUT2D eigenvalue weighted by Gasteiger charge is 2.23. The summed E-state index contributed by atoms with van der Waals surface area (Å²) < 4.78 is 36.6. The van der Waals surface area contributed by atoms with Crippen molar-refractivity contribution in [3.8, 4) is 5.75 Å². The molecule has 26 heavy (non-hydrogen) atoms. The molecule has 0 radical (unpaired) electrons. The number of hydrogen-bond donors (Lipinski definition) is 2. The molecule has 1 aromatic heterocycles. The second-order valence-corrected chi connectivity index (χ2v) is 7.13. The summed E-state index contributed by atoms with van der Waals surface area (Å²) in [7, 11) is -3.78. The van der Waals surface area contributed by atoms with Gasteiger partial charge in [-0.2, -0.15) is 0 Å². The Hall–Kier alpha value is -2.72. The number of ether oxygens (including phenoxy) is 1. The molecule has 0 unspecified atom stereocenters. The molecule has 1 heterocycles. The van der Waals surface area contributed by atoms with E-state index >= 15 is 0 Å². The van der Waals surface area contributed by atoms with Crippen LogP contribution in [0.25, 0.3) is 0 Å². The average Bonchev–Trinajstić information content (AvgIpc) is 2.90. The summed E-state index contributed by atoms with van der Waals surface area (Å²) in [5.41, 5.74) is 0.554. The maximum atomic E-state index is 12.2. The summed E-state index contributed by atoms with van der Waals surface area (Å²) in [4.78, 5) is 23.0. The van der Waals surface area contributed by atoms with Gasteiger partial charge in [0.25, 0.3) is 5.91 Å². The predicted molar refractivity (Wildman–Crippen MR) is 91.2 cm³/mol. The first-order valence-electron chi connectivity index (χ1n) is 7.70. The lowest BCUT2D eigenvalue weighted by Gasteiger charge is -2.08. The van der Waals surface area contributed by atoms with Gasteiger partial charge in [-0.25, -0.2) is 13.1 Å². The van der Waals surface area contributed by atoms with Gasteiger partial charge in [0, 0.05) is 25.6 Å². The Kier molecular flexibility index (Phi) is 6.11. The Labute approximate surface area is 150 Å². The summed E-state index contributed by atoms with van der Waals surface area (Å²) in [5, 5.41) is 6.19. The van der Waals surface area contributed by atoms with Crippen LogP contribution in [-0.2, 0) is 14.8 Å². The van der Waals surface area contributed by atoms with Crippen LogP contribution in [0.3, 0.4) is 0 Å². The van der Waals surface area contributed by atoms with Crippen LogP contribution in [0.15, 0.2) is 33.7 Å². The standard InChI is InChI=1S/C16H19N3O6S/c1-10-15(11(2)25-19-10)26(22,23)18-8-7-17-16(21)13-5-4-6-14(9-13)24-12(3)20/h4-6,9,18H,7-8H2,1-3H3,(H,17,21). The molecule has 0 spiro atoms. The first-order valence-corrected chi connectivity index (χ1v) is 9.18. The quantitative estimate of drug-likeness (QED) is 0.415. The largest absolute Gasteiger partial charge is 0.427 e. The fourth-order valence-electron chi connectivity index (χ4n) is 2.26. The minimum atomic E-state index is -3.78. The van der Waals surface area contributed by atoms with Gasteiger partial charge >= 0.3 is 5.97 Å². The summed E-state index contributed by atoms with van der Waals surface area (Å²) in [6.45, 7) is 4.36. The summed E-state index contributed by atoms with van der Waals surface area (Å²) in [6.07, 6.45) is 0. The zero-order valence-corrected chi connectivity index (χ0v) is 15.3. The Morgan fingerprint density at radius 1 is 1.23 bits per heavy atom. The van der Waals surface area contributed by atoms with E-state index in [2.05, 4.69) is 15.2 Å². The van der Waals surface area contributed by atoms with Crippen LogP contribution in [0.5, 0.6) is 5.75 Å². The molecule has 0 aliphatic heterocycles. The third-order valence-corrected chi connectivity index (χ3v) is 5.00. The van der Waals surface area contributed by atoms with Crippen molar-refractivity contribution in [3.05, 3.63) is 41.3 Å². The van der Waals surface area contributed by atoms with E-state index in [0.717, 1.165) is 0 Å². The van der Waals surface area contributed by atoms with Crippen LogP contribution < -0.4 is 14.8 Å². The number of aromatic nitrogens is 1. The third kappa shape index (κ3) is 4.90. The molecule has 2 rings (SSSR count). The van der Waals surface area contributed by atoms with E-state index in [9.17, 15) is 18.0 Å². The molecule has 0 saturated carbocycles. The van der Waals surface area contributed by atoms with Gasteiger partial charge in [0.2, 0.25) is 10.0 Å². The highest BCUT2D eigenvalue weighted by molar-refractivity contribution is 7.89. The molecule has 2 aromatic rings. The van der Waals surface area contributed by atoms with Crippen LogP contribution in [0.4, 0.5) is 0 Å². The summed E-state index contributed by atoms with van der Waals surface area (Å²) in [6, 6.07) is 6.10. The molecule has 2 N–H and O–H groups in total. The van der Waals surface area contributed by atoms with Gasteiger partial charge in [0.1, 0.15) is 16.3 Å². The molecule has 1 aromatic carbocycles. The van der Waals surface area contributed by atoms with Crippen molar-refractivity contribution >= 4 is 21.9 Å². The molecule has 0 aliphatic rings. The fourth-order valence-corrected chi connectivity index (χ4v) is 3.62. The van der Waals surface area contributed by atoms with E-state index < -0.39 is 21.9 Å². The van der Waals surface area contributed by atoms with Crippen molar-refractivity contribution in [2.75, 3.05) is 13.1 Å². The SMILES string of the molecule is CC(=O)Oc1cccc(C(=O)NCCNS(=O)(=O)c2c(C)noc2C)c1. The van der Waals surface area contributed by atoms with Gasteiger partial charge in [-0.1, -0.05) is 11.2 Å². The number of benzene rings is 1. The van der Waals surface area contributed by atoms with Gasteiger partial charge in [0.15, 0.2) is 5.76 Å². The lowest BCUT2D eigenvalue weighted by atomic mass is 10.2. The minimum Gasteiger partial charge on any atom is -0.427 e. The van der Waals surface area contributed by atoms with Crippen LogP contribution >= 0.6 is 0 Å². The molecule has 140 valence electrons. The second kappa shape index (κ2) is 8.11. The van der Waals surface area contributed by atoms with Crippen LogP contribution in [0.2, 0.25) is 0 Å². The number of carbonyl (C=O) groups is 2. The first-order chi connectivity index (χ1) is 12.2. The molecule has 0 atom stereocenters. The number of nitrogens with one attached hydrogen (secondary N) is 2. The van der Waals surface area contributed by atoms with E-state index in [4.69, 9.17) is 9.26 Å². The molecule has 1 amide bonds. The normalized spacial score (nSPS) is 11.2. The molecule has 0 saturated heterocycles. The van der Waals surface area contributed by atoms with E-state index in [-0.39, 0.29) is 40.8 Å². The number of nitrogens with zero attached hydrogens (tertiary/aromatic N) is 1. The lowest BCUT2D eigenvalue weighted by molar-refractivity contribution is -0.131. The van der Waals surface area contributed by atoms with Gasteiger partial charge in [-0.05, 0) is 32.0 Å². The van der Waals surface area contributed by atoms with Gasteiger partial charge in [0.05, 0.1) is 0 Å². The van der Waals surface area contributed by atoms with Crippen LogP contribution in [-0.4, -0.2) is 38.5 Å². The Morgan fingerprint density at radius 2 is 1.96 bits per heavy atom. The van der Waals surface area contributed by atoms with Crippen molar-refractivity contribution in [1.82, 2.24) is 15.2 Å². The molecule has 9 nitrogen and oxygen atoms in total. The molecule has 10 heteroatoms. The van der Waals surface area contributed by atoms with Gasteiger partial charge in [-0.15, -0.1) is 0 Å². The van der Waals surface area contributed by atoms with Gasteiger partial charge in [-0.3, -0.25) is 9.59 Å². The first kappa shape index (κ1) is 19.6. The van der Waals surface area contributed by atoms with E-state index in [1.54, 1.807) is 18.2 Å². The number of esters is 1. The molecular formula is C16H19N3O6S. The van der Waals surface area contributed by atoms with Crippen LogP contribution in [0.1, 0.15) is 28.7 Å². The number of sulfonamides is 1. The highest BCUT2D eigenvalue weighted by Crippen LogP contribution is 2.18. The average molecular weight is 381 g/mol. The smallest absolute Gasteiger partial charge is 0.308 e. The number of rotatable bonds is 7. The highest BCUT2D eigenvalue weighted by atomic mass is 32.2. The Morgan fingerprint density at radius 3 is 2.58 bits per heavy atom. The van der Waals surface area contributed by atoms with Gasteiger partial charge < -0.3 is 14.6 Å². The number of carbonyl (C=O) groups excluding carboxylic acids is 2. The van der Waals surface area contributed by atoms with Crippen molar-refractivity contribution < 1.29 is 27.3 Å². The fraction of sp³-hybridized carbons (Fsp3) is 0.312. The predicted octanol–water partition coefficient (Wildman–Crippen LogP) is 0.925. The van der Waals surface area contributed by atoms with Crippen molar-refractivity contribution in [3.63, 3.8) is 0 Å². The molecule has 0 fully saturated rings. The zero-order chi connectivity index (χ0) is 19.3. The van der Waals surface area contributed by atoms with E-state index in [0.29, 0.717) is 0 Å². The minimum absolute atomic E-state index is 0.00194. The Balaban J connectivity index is 1.90. The monoisotopic (exact) mass is 381 g/mol. The third-order valence-electron chi connectivity index (χ3n) is 3.30. The summed E-state index contributed by atoms with van der Waals surface area (Å²) >= 11 is 0. The number of aryl methyl sites for hydroxylation is 2. The maximum Gasteiger partial charge on any atom is 0.308 e. The zero-order valence-electron chi connectivity index (χ0n) is 14.5.